The second-order valence-electron chi connectivity index (χ2n) is 7.59. The van der Waals surface area contributed by atoms with E-state index in [1.165, 1.54) is 6.92 Å². The summed E-state index contributed by atoms with van der Waals surface area (Å²) in [6, 6.07) is 19.2. The largest absolute Gasteiger partial charge is 0.365 e. The molecular weight excluding hydrogens is 350 g/mol. The lowest BCUT2D eigenvalue weighted by atomic mass is 10.1. The molecule has 28 heavy (non-hydrogen) atoms. The molecule has 0 aliphatic carbocycles. The number of benzene rings is 2. The quantitative estimate of drug-likeness (QED) is 0.581. The molecule has 2 aromatic carbocycles. The zero-order valence-corrected chi connectivity index (χ0v) is 16.6. The van der Waals surface area contributed by atoms with Gasteiger partial charge in [0.05, 0.1) is 0 Å². The highest BCUT2D eigenvalue weighted by Crippen LogP contribution is 2.25. The maximum absolute atomic E-state index is 11.3. The molecule has 3 N–H and O–H groups in total. The van der Waals surface area contributed by atoms with E-state index in [1.54, 1.807) is 0 Å². The normalized spacial score (nSPS) is 11.0. The molecule has 0 radical (unpaired) electrons. The summed E-state index contributed by atoms with van der Waals surface area (Å²) >= 11 is 0. The van der Waals surface area contributed by atoms with E-state index >= 15 is 0 Å². The van der Waals surface area contributed by atoms with Gasteiger partial charge in [-0.15, -0.1) is 0 Å². The van der Waals surface area contributed by atoms with Gasteiger partial charge in [-0.1, -0.05) is 36.4 Å². The number of nitrogens with zero attached hydrogens (tertiary/aromatic N) is 2. The number of anilines is 4. The number of carbonyl (C=O) groups is 1. The van der Waals surface area contributed by atoms with Gasteiger partial charge in [-0.25, -0.2) is 9.97 Å². The van der Waals surface area contributed by atoms with E-state index in [-0.39, 0.29) is 11.4 Å². The summed E-state index contributed by atoms with van der Waals surface area (Å²) in [6.07, 6.45) is 0. The third-order valence-corrected chi connectivity index (χ3v) is 3.72. The minimum absolute atomic E-state index is 0.109. The van der Waals surface area contributed by atoms with E-state index in [9.17, 15) is 4.79 Å². The molecule has 0 atom stereocenters. The van der Waals surface area contributed by atoms with Crippen LogP contribution in [0.3, 0.4) is 0 Å². The molecule has 0 saturated carbocycles. The molecule has 3 rings (SSSR count). The Kier molecular flexibility index (Phi) is 5.59. The number of aromatic nitrogens is 2. The molecule has 0 aliphatic rings. The average Bonchev–Trinajstić information content (AvgIpc) is 2.60. The van der Waals surface area contributed by atoms with Gasteiger partial charge >= 0.3 is 0 Å². The van der Waals surface area contributed by atoms with Crippen LogP contribution in [0, 0.1) is 0 Å². The smallest absolute Gasteiger partial charge is 0.221 e. The molecule has 0 fully saturated rings. The SMILES string of the molecule is CC(=O)Nc1cccc(Nc2cc(NC(C)(C)C)nc(-c3ccccc3)n2)c1. The molecule has 0 saturated heterocycles. The van der Waals surface area contributed by atoms with Crippen molar-refractivity contribution < 1.29 is 4.79 Å². The number of amides is 1. The van der Waals surface area contributed by atoms with Gasteiger partial charge in [-0.3, -0.25) is 4.79 Å². The first-order chi connectivity index (χ1) is 13.3. The van der Waals surface area contributed by atoms with Gasteiger partial charge in [-0.05, 0) is 39.0 Å². The molecule has 0 unspecified atom stereocenters. The number of carbonyl (C=O) groups excluding carboxylic acids is 1. The lowest BCUT2D eigenvalue weighted by Gasteiger charge is -2.22. The minimum atomic E-state index is -0.134. The van der Waals surface area contributed by atoms with Crippen LogP contribution in [0.5, 0.6) is 0 Å². The Morgan fingerprint density at radius 2 is 1.54 bits per heavy atom. The Bertz CT molecular complexity index is 964. The monoisotopic (exact) mass is 375 g/mol. The Labute approximate surface area is 165 Å². The van der Waals surface area contributed by atoms with Crippen LogP contribution >= 0.6 is 0 Å². The fourth-order valence-corrected chi connectivity index (χ4v) is 2.70. The molecule has 144 valence electrons. The number of nitrogens with one attached hydrogen (secondary N) is 3. The van der Waals surface area contributed by atoms with Gasteiger partial charge in [0, 0.05) is 35.5 Å². The highest BCUT2D eigenvalue weighted by atomic mass is 16.1. The predicted octanol–water partition coefficient (Wildman–Crippen LogP) is 5.06. The van der Waals surface area contributed by atoms with Crippen LogP contribution in [0.25, 0.3) is 11.4 Å². The molecular formula is C22H25N5O. The first-order valence-corrected chi connectivity index (χ1v) is 9.16. The lowest BCUT2D eigenvalue weighted by molar-refractivity contribution is -0.114. The van der Waals surface area contributed by atoms with Crippen molar-refractivity contribution in [2.45, 2.75) is 33.2 Å². The Morgan fingerprint density at radius 3 is 2.21 bits per heavy atom. The Morgan fingerprint density at radius 1 is 0.857 bits per heavy atom. The van der Waals surface area contributed by atoms with Crippen LogP contribution in [-0.4, -0.2) is 21.4 Å². The Hall–Kier alpha value is -3.41. The van der Waals surface area contributed by atoms with Crippen LogP contribution in [-0.2, 0) is 4.79 Å². The standard InChI is InChI=1S/C22H25N5O/c1-15(28)23-17-11-8-12-18(13-17)24-19-14-20(27-22(2,3)4)26-21(25-19)16-9-6-5-7-10-16/h5-14H,1-4H3,(H,23,28)(H2,24,25,26,27). The predicted molar refractivity (Wildman–Crippen MR) is 115 cm³/mol. The highest BCUT2D eigenvalue weighted by Gasteiger charge is 2.13. The highest BCUT2D eigenvalue weighted by molar-refractivity contribution is 5.89. The van der Waals surface area contributed by atoms with Gasteiger partial charge in [-0.2, -0.15) is 0 Å². The second kappa shape index (κ2) is 8.08. The van der Waals surface area contributed by atoms with Gasteiger partial charge in [0.1, 0.15) is 11.6 Å². The van der Waals surface area contributed by atoms with Crippen LogP contribution in [0.2, 0.25) is 0 Å². The average molecular weight is 375 g/mol. The van der Waals surface area contributed by atoms with Crippen molar-refractivity contribution in [3.05, 3.63) is 60.7 Å². The molecule has 0 bridgehead atoms. The van der Waals surface area contributed by atoms with Gasteiger partial charge < -0.3 is 16.0 Å². The molecule has 3 aromatic rings. The zero-order valence-electron chi connectivity index (χ0n) is 16.6. The van der Waals surface area contributed by atoms with Crippen molar-refractivity contribution >= 4 is 28.9 Å². The summed E-state index contributed by atoms with van der Waals surface area (Å²) in [5, 5.41) is 9.50. The van der Waals surface area contributed by atoms with E-state index in [2.05, 4.69) is 46.7 Å². The lowest BCUT2D eigenvalue weighted by Crippen LogP contribution is -2.26. The molecule has 0 aliphatic heterocycles. The fourth-order valence-electron chi connectivity index (χ4n) is 2.70. The third-order valence-electron chi connectivity index (χ3n) is 3.72. The van der Waals surface area contributed by atoms with Crippen LogP contribution in [0.4, 0.5) is 23.0 Å². The number of hydrogen-bond donors (Lipinski definition) is 3. The first-order valence-electron chi connectivity index (χ1n) is 9.16. The number of hydrogen-bond acceptors (Lipinski definition) is 5. The van der Waals surface area contributed by atoms with Crippen LogP contribution in [0.1, 0.15) is 27.7 Å². The van der Waals surface area contributed by atoms with Crippen LogP contribution in [0.15, 0.2) is 60.7 Å². The minimum Gasteiger partial charge on any atom is -0.365 e. The Balaban J connectivity index is 1.95. The van der Waals surface area contributed by atoms with E-state index < -0.39 is 0 Å². The molecule has 0 spiro atoms. The zero-order chi connectivity index (χ0) is 20.1. The van der Waals surface area contributed by atoms with E-state index in [1.807, 2.05) is 60.7 Å². The maximum Gasteiger partial charge on any atom is 0.221 e. The molecule has 6 heteroatoms. The molecule has 1 aromatic heterocycles. The summed E-state index contributed by atoms with van der Waals surface area (Å²) in [4.78, 5) is 20.6. The van der Waals surface area contributed by atoms with Crippen LogP contribution < -0.4 is 16.0 Å². The van der Waals surface area contributed by atoms with Crippen molar-refractivity contribution in [2.24, 2.45) is 0 Å². The van der Waals surface area contributed by atoms with Crippen molar-refractivity contribution in [1.29, 1.82) is 0 Å². The van der Waals surface area contributed by atoms with Gasteiger partial charge in [0.15, 0.2) is 5.82 Å². The van der Waals surface area contributed by atoms with Crippen molar-refractivity contribution in [3.8, 4) is 11.4 Å². The second-order valence-corrected chi connectivity index (χ2v) is 7.59. The summed E-state index contributed by atoms with van der Waals surface area (Å²) in [5.74, 6) is 1.93. The first kappa shape index (κ1) is 19.4. The summed E-state index contributed by atoms with van der Waals surface area (Å²) in [6.45, 7) is 7.74. The van der Waals surface area contributed by atoms with Crippen molar-refractivity contribution in [1.82, 2.24) is 9.97 Å². The van der Waals surface area contributed by atoms with E-state index in [4.69, 9.17) is 0 Å². The maximum atomic E-state index is 11.3. The van der Waals surface area contributed by atoms with Gasteiger partial charge in [0.25, 0.3) is 0 Å². The van der Waals surface area contributed by atoms with Crippen molar-refractivity contribution in [2.75, 3.05) is 16.0 Å². The number of rotatable bonds is 5. The van der Waals surface area contributed by atoms with E-state index in [0.717, 1.165) is 22.8 Å². The van der Waals surface area contributed by atoms with E-state index in [0.29, 0.717) is 11.6 Å². The molecule has 1 amide bonds. The molecule has 6 nitrogen and oxygen atoms in total. The summed E-state index contributed by atoms with van der Waals surface area (Å²) in [5.41, 5.74) is 2.36. The summed E-state index contributed by atoms with van der Waals surface area (Å²) in [7, 11) is 0. The van der Waals surface area contributed by atoms with Gasteiger partial charge in [0.2, 0.25) is 5.91 Å². The third kappa shape index (κ3) is 5.54. The topological polar surface area (TPSA) is 78.9 Å². The fraction of sp³-hybridized carbons (Fsp3) is 0.227. The molecule has 1 heterocycles. The summed E-state index contributed by atoms with van der Waals surface area (Å²) < 4.78 is 0. The van der Waals surface area contributed by atoms with Crippen molar-refractivity contribution in [3.63, 3.8) is 0 Å².